The summed E-state index contributed by atoms with van der Waals surface area (Å²) in [4.78, 5) is 26.8. The fourth-order valence-corrected chi connectivity index (χ4v) is 4.32. The van der Waals surface area contributed by atoms with Crippen molar-refractivity contribution in [3.05, 3.63) is 48.0 Å². The lowest BCUT2D eigenvalue weighted by Crippen LogP contribution is -2.41. The highest BCUT2D eigenvalue weighted by Crippen LogP contribution is 2.35. The summed E-state index contributed by atoms with van der Waals surface area (Å²) in [6.07, 6.45) is 0. The summed E-state index contributed by atoms with van der Waals surface area (Å²) in [6.45, 7) is 1.69. The summed E-state index contributed by atoms with van der Waals surface area (Å²) in [5.74, 6) is 0.953. The van der Waals surface area contributed by atoms with Crippen LogP contribution in [0.2, 0.25) is 0 Å². The predicted octanol–water partition coefficient (Wildman–Crippen LogP) is 1.80. The van der Waals surface area contributed by atoms with Crippen molar-refractivity contribution in [3.8, 4) is 17.2 Å². The van der Waals surface area contributed by atoms with Crippen LogP contribution in [0.4, 0.5) is 4.79 Å². The van der Waals surface area contributed by atoms with Gasteiger partial charge in [0.15, 0.2) is 11.5 Å². The number of hydrogen-bond acceptors (Lipinski definition) is 7. The minimum Gasteiger partial charge on any atom is -0.493 e. The molecule has 0 saturated carbocycles. The molecule has 33 heavy (non-hydrogen) atoms. The highest BCUT2D eigenvalue weighted by Gasteiger charge is 2.49. The number of amides is 3. The van der Waals surface area contributed by atoms with Gasteiger partial charge in [0.1, 0.15) is 17.9 Å². The van der Waals surface area contributed by atoms with Gasteiger partial charge in [-0.1, -0.05) is 6.07 Å². The maximum atomic E-state index is 13.1. The number of benzene rings is 2. The molecule has 11 heteroatoms. The Morgan fingerprint density at radius 1 is 1.00 bits per heavy atom. The van der Waals surface area contributed by atoms with E-state index >= 15 is 0 Å². The van der Waals surface area contributed by atoms with Gasteiger partial charge in [0.2, 0.25) is 10.0 Å². The molecule has 10 nitrogen and oxygen atoms in total. The number of imide groups is 1. The van der Waals surface area contributed by atoms with Crippen molar-refractivity contribution in [1.29, 1.82) is 0 Å². The molecule has 3 rings (SSSR count). The average Bonchev–Trinajstić information content (AvgIpc) is 3.02. The van der Waals surface area contributed by atoms with Gasteiger partial charge in [-0.15, -0.1) is 0 Å². The normalized spacial score (nSPS) is 18.4. The van der Waals surface area contributed by atoms with Crippen LogP contribution in [0, 0.1) is 0 Å². The predicted molar refractivity (Wildman–Crippen MR) is 120 cm³/mol. The third-order valence-electron chi connectivity index (χ3n) is 5.42. The Morgan fingerprint density at radius 3 is 2.21 bits per heavy atom. The number of carbonyl (C=O) groups excluding carboxylic acids is 2. The molecule has 0 aromatic heterocycles. The van der Waals surface area contributed by atoms with Crippen LogP contribution in [0.1, 0.15) is 12.5 Å². The molecule has 2 aromatic carbocycles. The monoisotopic (exact) mass is 477 g/mol. The Bertz CT molecular complexity index is 1150. The molecule has 1 N–H and O–H groups in total. The summed E-state index contributed by atoms with van der Waals surface area (Å²) in [7, 11) is 2.37. The van der Waals surface area contributed by atoms with E-state index in [4.69, 9.17) is 14.2 Å². The topological polar surface area (TPSA) is 114 Å². The Hall–Kier alpha value is -3.31. The molecule has 1 atom stereocenters. The number of nitrogens with one attached hydrogen (secondary N) is 1. The third kappa shape index (κ3) is 4.60. The number of rotatable bonds is 9. The zero-order chi connectivity index (χ0) is 24.4. The average molecular weight is 478 g/mol. The van der Waals surface area contributed by atoms with Crippen molar-refractivity contribution in [3.63, 3.8) is 0 Å². The molecule has 0 bridgehead atoms. The number of nitrogens with zero attached hydrogens (tertiary/aromatic N) is 2. The number of ether oxygens (including phenoxy) is 3. The van der Waals surface area contributed by atoms with Gasteiger partial charge in [-0.3, -0.25) is 9.69 Å². The summed E-state index contributed by atoms with van der Waals surface area (Å²) in [5.41, 5.74) is -0.710. The van der Waals surface area contributed by atoms with E-state index < -0.39 is 27.5 Å². The molecule has 1 aliphatic rings. The van der Waals surface area contributed by atoms with E-state index in [2.05, 4.69) is 5.32 Å². The number of sulfonamides is 1. The summed E-state index contributed by atoms with van der Waals surface area (Å²) >= 11 is 0. The van der Waals surface area contributed by atoms with E-state index in [9.17, 15) is 18.0 Å². The van der Waals surface area contributed by atoms with Gasteiger partial charge < -0.3 is 19.5 Å². The second-order valence-electron chi connectivity index (χ2n) is 7.69. The highest BCUT2D eigenvalue weighted by atomic mass is 32.2. The van der Waals surface area contributed by atoms with Crippen LogP contribution in [0.15, 0.2) is 47.4 Å². The molecule has 1 heterocycles. The molecular formula is C22H27N3O7S. The summed E-state index contributed by atoms with van der Waals surface area (Å²) in [6, 6.07) is 10.4. The Kier molecular flexibility index (Phi) is 6.84. The molecule has 178 valence electrons. The van der Waals surface area contributed by atoms with Crippen LogP contribution in [0.5, 0.6) is 17.2 Å². The minimum atomic E-state index is -3.54. The van der Waals surface area contributed by atoms with Crippen molar-refractivity contribution in [2.75, 3.05) is 41.5 Å². The first-order valence-corrected chi connectivity index (χ1v) is 11.5. The van der Waals surface area contributed by atoms with Crippen LogP contribution < -0.4 is 19.5 Å². The molecule has 1 aliphatic heterocycles. The van der Waals surface area contributed by atoms with E-state index in [1.807, 2.05) is 0 Å². The first kappa shape index (κ1) is 24.3. The molecule has 0 radical (unpaired) electrons. The number of carbonyl (C=O) groups is 2. The van der Waals surface area contributed by atoms with Crippen LogP contribution in [-0.4, -0.2) is 71.0 Å². The van der Waals surface area contributed by atoms with Crippen molar-refractivity contribution in [1.82, 2.24) is 14.5 Å². The van der Waals surface area contributed by atoms with Gasteiger partial charge in [0.25, 0.3) is 5.91 Å². The maximum Gasteiger partial charge on any atom is 0.325 e. The lowest BCUT2D eigenvalue weighted by atomic mass is 9.91. The molecule has 0 aliphatic carbocycles. The molecule has 3 amide bonds. The van der Waals surface area contributed by atoms with Gasteiger partial charge in [0, 0.05) is 14.1 Å². The Balaban J connectivity index is 1.67. The van der Waals surface area contributed by atoms with E-state index in [1.54, 1.807) is 25.1 Å². The largest absolute Gasteiger partial charge is 0.493 e. The summed E-state index contributed by atoms with van der Waals surface area (Å²) in [5, 5.41) is 2.73. The first-order valence-electron chi connectivity index (χ1n) is 10.1. The zero-order valence-electron chi connectivity index (χ0n) is 19.1. The van der Waals surface area contributed by atoms with Crippen LogP contribution >= 0.6 is 0 Å². The quantitative estimate of drug-likeness (QED) is 0.548. The molecular weight excluding hydrogens is 450 g/mol. The van der Waals surface area contributed by atoms with Crippen molar-refractivity contribution >= 4 is 22.0 Å². The van der Waals surface area contributed by atoms with Gasteiger partial charge in [0.05, 0.1) is 25.7 Å². The lowest BCUT2D eigenvalue weighted by molar-refractivity contribution is -0.131. The van der Waals surface area contributed by atoms with E-state index in [1.165, 1.54) is 52.6 Å². The van der Waals surface area contributed by atoms with Gasteiger partial charge >= 0.3 is 6.03 Å². The van der Waals surface area contributed by atoms with Crippen LogP contribution in [0.3, 0.4) is 0 Å². The van der Waals surface area contributed by atoms with Crippen molar-refractivity contribution < 1.29 is 32.2 Å². The second kappa shape index (κ2) is 9.28. The van der Waals surface area contributed by atoms with E-state index in [-0.39, 0.29) is 18.0 Å². The van der Waals surface area contributed by atoms with Crippen LogP contribution in [-0.2, 0) is 20.4 Å². The van der Waals surface area contributed by atoms with Crippen molar-refractivity contribution in [2.45, 2.75) is 17.4 Å². The first-order chi connectivity index (χ1) is 15.5. The number of methoxy groups -OCH3 is 2. The van der Waals surface area contributed by atoms with Gasteiger partial charge in [-0.25, -0.2) is 17.5 Å². The second-order valence-corrected chi connectivity index (χ2v) is 9.84. The molecule has 0 spiro atoms. The minimum absolute atomic E-state index is 0.0191. The van der Waals surface area contributed by atoms with Crippen LogP contribution in [0.25, 0.3) is 0 Å². The molecule has 2 aromatic rings. The zero-order valence-corrected chi connectivity index (χ0v) is 19.9. The van der Waals surface area contributed by atoms with Gasteiger partial charge in [-0.05, 0) is 48.9 Å². The highest BCUT2D eigenvalue weighted by molar-refractivity contribution is 7.89. The maximum absolute atomic E-state index is 13.1. The molecule has 1 saturated heterocycles. The Labute approximate surface area is 193 Å². The summed E-state index contributed by atoms with van der Waals surface area (Å²) < 4.78 is 41.5. The SMILES string of the molecule is COc1ccc(C2(C)NC(=O)N(CCOc3ccc(S(=O)(=O)N(C)C)cc3)C2=O)cc1OC. The number of hydrogen-bond donors (Lipinski definition) is 1. The third-order valence-corrected chi connectivity index (χ3v) is 7.25. The van der Waals surface area contributed by atoms with Crippen molar-refractivity contribution in [2.24, 2.45) is 0 Å². The van der Waals surface area contributed by atoms with E-state index in [0.29, 0.717) is 22.8 Å². The smallest absolute Gasteiger partial charge is 0.325 e. The number of urea groups is 1. The molecule has 1 fully saturated rings. The van der Waals surface area contributed by atoms with Gasteiger partial charge in [-0.2, -0.15) is 0 Å². The lowest BCUT2D eigenvalue weighted by Gasteiger charge is -2.23. The fourth-order valence-electron chi connectivity index (χ4n) is 3.42. The Morgan fingerprint density at radius 2 is 1.64 bits per heavy atom. The molecule has 1 unspecified atom stereocenters. The fraction of sp³-hybridized carbons (Fsp3) is 0.364. The van der Waals surface area contributed by atoms with E-state index in [0.717, 1.165) is 9.21 Å². The standard InChI is InChI=1S/C22H27N3O7S/c1-22(15-6-11-18(30-4)19(14-15)31-5)20(26)25(21(27)23-22)12-13-32-16-7-9-17(10-8-16)33(28,29)24(2)3/h6-11,14H,12-13H2,1-5H3,(H,23,27).